The van der Waals surface area contributed by atoms with Crippen molar-refractivity contribution in [3.8, 4) is 0 Å². The van der Waals surface area contributed by atoms with Crippen LogP contribution in [0.1, 0.15) is 31.5 Å². The van der Waals surface area contributed by atoms with Gasteiger partial charge in [0.15, 0.2) is 0 Å². The first-order valence-corrected chi connectivity index (χ1v) is 6.26. The molecule has 3 nitrogen and oxygen atoms in total. The van der Waals surface area contributed by atoms with Crippen LogP contribution in [-0.4, -0.2) is 29.5 Å². The van der Waals surface area contributed by atoms with Gasteiger partial charge in [-0.2, -0.15) is 0 Å². The van der Waals surface area contributed by atoms with Crippen LogP contribution in [0.3, 0.4) is 0 Å². The van der Waals surface area contributed by atoms with E-state index in [1.54, 1.807) is 6.07 Å². The number of hydrogen-bond donors (Lipinski definition) is 1. The zero-order valence-electron chi connectivity index (χ0n) is 10.3. The molecular weight excluding hydrogens is 217 g/mol. The number of hydrogen-bond acceptors (Lipinski definition) is 3. The molecule has 1 aliphatic rings. The summed E-state index contributed by atoms with van der Waals surface area (Å²) < 4.78 is 12.8. The van der Waals surface area contributed by atoms with Crippen LogP contribution in [-0.2, 0) is 0 Å². The van der Waals surface area contributed by atoms with E-state index in [9.17, 15) is 4.39 Å². The first-order chi connectivity index (χ1) is 8.20. The van der Waals surface area contributed by atoms with E-state index < -0.39 is 0 Å². The van der Waals surface area contributed by atoms with Crippen LogP contribution < -0.4 is 5.73 Å². The SMILES string of the molecule is CC(c1ccc(F)cn1)N1CCCC(CN)C1. The average molecular weight is 237 g/mol. The standard InChI is InChI=1S/C13H20FN3/c1-10(13-5-4-12(14)8-16-13)17-6-2-3-11(7-15)9-17/h4-5,8,10-11H,2-3,6-7,9,15H2,1H3. The fourth-order valence-electron chi connectivity index (χ4n) is 2.46. The highest BCUT2D eigenvalue weighted by Crippen LogP contribution is 2.25. The normalized spacial score (nSPS) is 23.6. The van der Waals surface area contributed by atoms with Crippen molar-refractivity contribution >= 4 is 0 Å². The lowest BCUT2D eigenvalue weighted by molar-refractivity contribution is 0.132. The van der Waals surface area contributed by atoms with Gasteiger partial charge in [-0.3, -0.25) is 9.88 Å². The van der Waals surface area contributed by atoms with Gasteiger partial charge in [0, 0.05) is 12.6 Å². The Labute approximate surface area is 102 Å². The minimum Gasteiger partial charge on any atom is -0.330 e. The summed E-state index contributed by atoms with van der Waals surface area (Å²) in [6.45, 7) is 4.98. The van der Waals surface area contributed by atoms with Crippen molar-refractivity contribution in [2.24, 2.45) is 11.7 Å². The van der Waals surface area contributed by atoms with Crippen LogP contribution >= 0.6 is 0 Å². The predicted molar refractivity (Wildman–Crippen MR) is 66.0 cm³/mol. The number of nitrogens with two attached hydrogens (primary N) is 1. The zero-order valence-corrected chi connectivity index (χ0v) is 10.3. The van der Waals surface area contributed by atoms with E-state index in [4.69, 9.17) is 5.73 Å². The van der Waals surface area contributed by atoms with Gasteiger partial charge in [-0.15, -0.1) is 0 Å². The highest BCUT2D eigenvalue weighted by atomic mass is 19.1. The first kappa shape index (κ1) is 12.5. The number of pyridine rings is 1. The number of rotatable bonds is 3. The number of likely N-dealkylation sites (tertiary alicyclic amines) is 1. The van der Waals surface area contributed by atoms with Crippen molar-refractivity contribution in [1.29, 1.82) is 0 Å². The predicted octanol–water partition coefficient (Wildman–Crippen LogP) is 1.95. The second-order valence-corrected chi connectivity index (χ2v) is 4.82. The molecule has 94 valence electrons. The van der Waals surface area contributed by atoms with Gasteiger partial charge in [-0.05, 0) is 50.9 Å². The lowest BCUT2D eigenvalue weighted by Gasteiger charge is -2.36. The maximum atomic E-state index is 12.8. The van der Waals surface area contributed by atoms with Gasteiger partial charge in [0.1, 0.15) is 5.82 Å². The summed E-state index contributed by atoms with van der Waals surface area (Å²) in [6.07, 6.45) is 3.69. The van der Waals surface area contributed by atoms with Gasteiger partial charge in [-0.25, -0.2) is 4.39 Å². The van der Waals surface area contributed by atoms with Gasteiger partial charge in [0.25, 0.3) is 0 Å². The lowest BCUT2D eigenvalue weighted by Crippen LogP contribution is -2.39. The molecular formula is C13H20FN3. The molecule has 0 aromatic carbocycles. The Kier molecular flexibility index (Phi) is 4.07. The van der Waals surface area contributed by atoms with Crippen LogP contribution in [0.25, 0.3) is 0 Å². The molecule has 0 aliphatic carbocycles. The van der Waals surface area contributed by atoms with Crippen LogP contribution in [0.5, 0.6) is 0 Å². The molecule has 2 N–H and O–H groups in total. The molecule has 0 saturated carbocycles. The number of nitrogens with zero attached hydrogens (tertiary/aromatic N) is 2. The van der Waals surface area contributed by atoms with E-state index >= 15 is 0 Å². The van der Waals surface area contributed by atoms with Crippen molar-refractivity contribution in [3.63, 3.8) is 0 Å². The Balaban J connectivity index is 2.03. The van der Waals surface area contributed by atoms with Gasteiger partial charge < -0.3 is 5.73 Å². The summed E-state index contributed by atoms with van der Waals surface area (Å²) >= 11 is 0. The quantitative estimate of drug-likeness (QED) is 0.873. The maximum Gasteiger partial charge on any atom is 0.141 e. The number of halogens is 1. The van der Waals surface area contributed by atoms with Crippen molar-refractivity contribution in [2.75, 3.05) is 19.6 Å². The molecule has 2 rings (SSSR count). The molecule has 1 saturated heterocycles. The monoisotopic (exact) mass is 237 g/mol. The van der Waals surface area contributed by atoms with E-state index in [0.29, 0.717) is 5.92 Å². The Morgan fingerprint density at radius 3 is 3.06 bits per heavy atom. The van der Waals surface area contributed by atoms with Crippen LogP contribution in [0.4, 0.5) is 4.39 Å². The van der Waals surface area contributed by atoms with E-state index in [1.165, 1.54) is 25.1 Å². The minimum absolute atomic E-state index is 0.241. The summed E-state index contributed by atoms with van der Waals surface area (Å²) in [5, 5.41) is 0. The van der Waals surface area contributed by atoms with Gasteiger partial charge in [0.05, 0.1) is 11.9 Å². The second-order valence-electron chi connectivity index (χ2n) is 4.82. The van der Waals surface area contributed by atoms with Crippen LogP contribution in [0, 0.1) is 11.7 Å². The van der Waals surface area contributed by atoms with Crippen molar-refractivity contribution < 1.29 is 4.39 Å². The molecule has 1 aromatic rings. The summed E-state index contributed by atoms with van der Waals surface area (Å²) in [4.78, 5) is 6.55. The fraction of sp³-hybridized carbons (Fsp3) is 0.615. The topological polar surface area (TPSA) is 42.2 Å². The molecule has 0 amide bonds. The minimum atomic E-state index is -0.278. The fourth-order valence-corrected chi connectivity index (χ4v) is 2.46. The van der Waals surface area contributed by atoms with E-state index in [0.717, 1.165) is 25.3 Å². The maximum absolute atomic E-state index is 12.8. The highest BCUT2D eigenvalue weighted by molar-refractivity contribution is 5.09. The summed E-state index contributed by atoms with van der Waals surface area (Å²) in [5.41, 5.74) is 6.67. The third kappa shape index (κ3) is 3.01. The van der Waals surface area contributed by atoms with Gasteiger partial charge >= 0.3 is 0 Å². The molecule has 17 heavy (non-hydrogen) atoms. The highest BCUT2D eigenvalue weighted by Gasteiger charge is 2.24. The molecule has 1 aromatic heterocycles. The molecule has 0 radical (unpaired) electrons. The number of piperidine rings is 1. The third-order valence-electron chi connectivity index (χ3n) is 3.61. The zero-order chi connectivity index (χ0) is 12.3. The summed E-state index contributed by atoms with van der Waals surface area (Å²) in [7, 11) is 0. The van der Waals surface area contributed by atoms with Crippen LogP contribution in [0.2, 0.25) is 0 Å². The Hall–Kier alpha value is -1.00. The van der Waals surface area contributed by atoms with Crippen molar-refractivity contribution in [1.82, 2.24) is 9.88 Å². The first-order valence-electron chi connectivity index (χ1n) is 6.26. The molecule has 1 fully saturated rings. The Morgan fingerprint density at radius 1 is 1.59 bits per heavy atom. The van der Waals surface area contributed by atoms with Gasteiger partial charge in [0.2, 0.25) is 0 Å². The van der Waals surface area contributed by atoms with Crippen LogP contribution in [0.15, 0.2) is 18.3 Å². The molecule has 0 bridgehead atoms. The molecule has 2 atom stereocenters. The van der Waals surface area contributed by atoms with E-state index in [2.05, 4.69) is 16.8 Å². The number of aromatic nitrogens is 1. The molecule has 0 spiro atoms. The molecule has 2 heterocycles. The van der Waals surface area contributed by atoms with Crippen molar-refractivity contribution in [2.45, 2.75) is 25.8 Å². The summed E-state index contributed by atoms with van der Waals surface area (Å²) in [6, 6.07) is 3.49. The average Bonchev–Trinajstić information content (AvgIpc) is 2.39. The van der Waals surface area contributed by atoms with E-state index in [-0.39, 0.29) is 11.9 Å². The second kappa shape index (κ2) is 5.56. The van der Waals surface area contributed by atoms with Gasteiger partial charge in [-0.1, -0.05) is 0 Å². The molecule has 4 heteroatoms. The Bertz CT molecular complexity index is 352. The van der Waals surface area contributed by atoms with Crippen molar-refractivity contribution in [3.05, 3.63) is 29.8 Å². The summed E-state index contributed by atoms with van der Waals surface area (Å²) in [5.74, 6) is 0.311. The Morgan fingerprint density at radius 2 is 2.41 bits per heavy atom. The smallest absolute Gasteiger partial charge is 0.141 e. The lowest BCUT2D eigenvalue weighted by atomic mass is 9.96. The molecule has 2 unspecified atom stereocenters. The molecule has 1 aliphatic heterocycles. The third-order valence-corrected chi connectivity index (χ3v) is 3.61. The van der Waals surface area contributed by atoms with E-state index in [1.807, 2.05) is 0 Å². The largest absolute Gasteiger partial charge is 0.330 e.